The minimum Gasteiger partial charge on any atom is -0.382 e. The van der Waals surface area contributed by atoms with Crippen LogP contribution in [0.2, 0.25) is 0 Å². The molecule has 0 aromatic carbocycles. The molecule has 0 saturated heterocycles. The van der Waals surface area contributed by atoms with Crippen molar-refractivity contribution in [1.29, 1.82) is 0 Å². The fraction of sp³-hybridized carbons (Fsp3) is 0.800. The van der Waals surface area contributed by atoms with Gasteiger partial charge in [0.1, 0.15) is 5.78 Å². The van der Waals surface area contributed by atoms with Crippen molar-refractivity contribution in [3.8, 4) is 0 Å². The molecule has 0 amide bonds. The molecule has 0 heterocycles. The lowest BCUT2D eigenvalue weighted by atomic mass is 10.1. The van der Waals surface area contributed by atoms with Gasteiger partial charge in [0.25, 0.3) is 0 Å². The van der Waals surface area contributed by atoms with E-state index in [1.54, 1.807) is 6.29 Å². The highest BCUT2D eigenvalue weighted by molar-refractivity contribution is 5.78. The Labute approximate surface area is 79.5 Å². The van der Waals surface area contributed by atoms with Crippen molar-refractivity contribution in [3.05, 3.63) is 0 Å². The maximum Gasteiger partial charge on any atom is 0.198 e. The summed E-state index contributed by atoms with van der Waals surface area (Å²) in [5.74, 6) is 0.218. The summed E-state index contributed by atoms with van der Waals surface area (Å²) >= 11 is 0. The largest absolute Gasteiger partial charge is 0.382 e. The summed E-state index contributed by atoms with van der Waals surface area (Å²) in [6.45, 7) is 3.29. The third kappa shape index (κ3) is 9.21. The van der Waals surface area contributed by atoms with E-state index in [0.717, 1.165) is 6.42 Å². The van der Waals surface area contributed by atoms with Crippen LogP contribution in [-0.2, 0) is 14.3 Å². The van der Waals surface area contributed by atoms with Crippen LogP contribution in [0, 0.1) is 0 Å². The molecule has 0 aliphatic rings. The van der Waals surface area contributed by atoms with Gasteiger partial charge in [-0.2, -0.15) is 0 Å². The highest BCUT2D eigenvalue weighted by Gasteiger charge is 2.00. The molecule has 0 bridgehead atoms. The van der Waals surface area contributed by atoms with Gasteiger partial charge < -0.3 is 4.74 Å². The van der Waals surface area contributed by atoms with Crippen molar-refractivity contribution in [2.75, 3.05) is 13.2 Å². The maximum atomic E-state index is 11.1. The van der Waals surface area contributed by atoms with Gasteiger partial charge in [-0.25, -0.2) is 0 Å². The first-order valence-corrected chi connectivity index (χ1v) is 4.75. The van der Waals surface area contributed by atoms with Crippen molar-refractivity contribution in [3.63, 3.8) is 0 Å². The van der Waals surface area contributed by atoms with E-state index in [1.807, 2.05) is 6.92 Å². The number of hydrogen-bond donors (Lipinski definition) is 0. The average molecular weight is 185 g/mol. The number of unbranched alkanes of at least 4 members (excludes halogenated alkanes) is 1. The van der Waals surface area contributed by atoms with Gasteiger partial charge in [-0.05, 0) is 19.8 Å². The Morgan fingerprint density at radius 2 is 2.00 bits per heavy atom. The van der Waals surface area contributed by atoms with Crippen LogP contribution in [0.3, 0.4) is 0 Å². The van der Waals surface area contributed by atoms with E-state index < -0.39 is 0 Å². The van der Waals surface area contributed by atoms with Gasteiger partial charge in [-0.3, -0.25) is 9.59 Å². The molecule has 3 heteroatoms. The zero-order valence-corrected chi connectivity index (χ0v) is 8.17. The van der Waals surface area contributed by atoms with Gasteiger partial charge in [0.05, 0.1) is 0 Å². The number of ketones is 1. The van der Waals surface area contributed by atoms with E-state index in [2.05, 4.69) is 0 Å². The lowest BCUT2D eigenvalue weighted by Crippen LogP contribution is -2.01. The molecule has 0 atom stereocenters. The summed E-state index contributed by atoms with van der Waals surface area (Å²) in [5, 5.41) is 0. The molecule has 0 saturated carbocycles. The van der Waals surface area contributed by atoms with Crippen molar-refractivity contribution >= 4 is 12.1 Å². The predicted octanol–water partition coefficient (Wildman–Crippen LogP) is 1.65. The van der Waals surface area contributed by atoms with Gasteiger partial charge in [0.2, 0.25) is 0 Å². The quantitative estimate of drug-likeness (QED) is 0.513. The molecule has 13 heavy (non-hydrogen) atoms. The second-order valence-electron chi connectivity index (χ2n) is 2.84. The van der Waals surface area contributed by atoms with Gasteiger partial charge in [-0.15, -0.1) is 0 Å². The molecule has 0 N–H and O–H groups in total. The van der Waals surface area contributed by atoms with Crippen molar-refractivity contribution in [2.45, 2.75) is 39.0 Å². The van der Waals surface area contributed by atoms with E-state index in [9.17, 15) is 9.59 Å². The van der Waals surface area contributed by atoms with Crippen molar-refractivity contribution in [2.24, 2.45) is 0 Å². The first-order valence-electron chi connectivity index (χ1n) is 4.75. The highest BCUT2D eigenvalue weighted by atomic mass is 16.5. The van der Waals surface area contributed by atoms with Crippen LogP contribution in [0.4, 0.5) is 0 Å². The number of rotatable bonds is 9. The lowest BCUT2D eigenvalue weighted by Gasteiger charge is -2.00. The van der Waals surface area contributed by atoms with E-state index in [0.29, 0.717) is 38.9 Å². The molecule has 1 radical (unpaired) electrons. The molecule has 0 aliphatic carbocycles. The molecule has 0 aromatic rings. The smallest absolute Gasteiger partial charge is 0.198 e. The fourth-order valence-corrected chi connectivity index (χ4v) is 0.998. The Morgan fingerprint density at radius 3 is 2.62 bits per heavy atom. The summed E-state index contributed by atoms with van der Waals surface area (Å²) in [4.78, 5) is 20.9. The molecule has 75 valence electrons. The summed E-state index contributed by atoms with van der Waals surface area (Å²) in [7, 11) is 0. The van der Waals surface area contributed by atoms with Gasteiger partial charge in [-0.1, -0.05) is 0 Å². The molecular weight excluding hydrogens is 168 g/mol. The summed E-state index contributed by atoms with van der Waals surface area (Å²) < 4.78 is 5.09. The Balaban J connectivity index is 3.15. The Hall–Kier alpha value is -0.700. The van der Waals surface area contributed by atoms with Crippen LogP contribution >= 0.6 is 0 Å². The van der Waals surface area contributed by atoms with Crippen LogP contribution in [-0.4, -0.2) is 25.3 Å². The van der Waals surface area contributed by atoms with Crippen LogP contribution in [0.5, 0.6) is 0 Å². The Kier molecular flexibility index (Phi) is 8.88. The van der Waals surface area contributed by atoms with Crippen LogP contribution < -0.4 is 0 Å². The van der Waals surface area contributed by atoms with Gasteiger partial charge in [0, 0.05) is 32.5 Å². The minimum atomic E-state index is 0.218. The van der Waals surface area contributed by atoms with Crippen LogP contribution in [0.25, 0.3) is 0 Å². The van der Waals surface area contributed by atoms with Crippen molar-refractivity contribution in [1.82, 2.24) is 0 Å². The molecule has 0 unspecified atom stereocenters. The van der Waals surface area contributed by atoms with E-state index in [1.165, 1.54) is 0 Å². The third-order valence-electron chi connectivity index (χ3n) is 1.68. The van der Waals surface area contributed by atoms with Gasteiger partial charge in [0.15, 0.2) is 6.29 Å². The second-order valence-corrected chi connectivity index (χ2v) is 2.84. The monoisotopic (exact) mass is 185 g/mol. The molecule has 0 fully saturated rings. The summed E-state index contributed by atoms with van der Waals surface area (Å²) in [6, 6.07) is 0. The van der Waals surface area contributed by atoms with E-state index >= 15 is 0 Å². The second kappa shape index (κ2) is 9.39. The number of carbonyl (C=O) groups excluding carboxylic acids is 2. The highest BCUT2D eigenvalue weighted by Crippen LogP contribution is 2.00. The van der Waals surface area contributed by atoms with Gasteiger partial charge >= 0.3 is 0 Å². The Morgan fingerprint density at radius 1 is 1.31 bits per heavy atom. The molecule has 0 spiro atoms. The standard InChI is InChI=1S/C10H17O3/c1-2-13-9-5-7-10(12)6-3-4-8-11/h2-7,9H2,1H3. The SMILES string of the molecule is CCOCCCC(=O)CCC[C]=O. The van der Waals surface area contributed by atoms with Crippen LogP contribution in [0.1, 0.15) is 39.0 Å². The minimum absolute atomic E-state index is 0.218. The molecule has 3 nitrogen and oxygen atoms in total. The average Bonchev–Trinajstić information content (AvgIpc) is 2.13. The molecule has 0 aromatic heterocycles. The molecule has 0 aliphatic heterocycles. The normalized spacial score (nSPS) is 9.92. The first-order chi connectivity index (χ1) is 6.31. The van der Waals surface area contributed by atoms with Crippen molar-refractivity contribution < 1.29 is 14.3 Å². The fourth-order valence-electron chi connectivity index (χ4n) is 0.998. The van der Waals surface area contributed by atoms with E-state index in [4.69, 9.17) is 4.74 Å². The van der Waals surface area contributed by atoms with Crippen LogP contribution in [0.15, 0.2) is 0 Å². The zero-order valence-electron chi connectivity index (χ0n) is 8.17. The number of hydrogen-bond acceptors (Lipinski definition) is 3. The lowest BCUT2D eigenvalue weighted by molar-refractivity contribution is -0.119. The molecular formula is C10H17O3. The predicted molar refractivity (Wildman–Crippen MR) is 50.3 cm³/mol. The molecule has 0 rings (SSSR count). The zero-order chi connectivity index (χ0) is 9.94. The number of carbonyl (C=O) groups is 1. The van der Waals surface area contributed by atoms with E-state index in [-0.39, 0.29) is 5.78 Å². The summed E-state index contributed by atoms with van der Waals surface area (Å²) in [5.41, 5.74) is 0. The number of Topliss-reactive ketones (excluding diaryl/α,β-unsaturated/α-hetero) is 1. The summed E-state index contributed by atoms with van der Waals surface area (Å²) in [6.07, 6.45) is 4.64. The first kappa shape index (κ1) is 12.3. The Bertz CT molecular complexity index is 143. The maximum absolute atomic E-state index is 11.1. The third-order valence-corrected chi connectivity index (χ3v) is 1.68. The topological polar surface area (TPSA) is 43.4 Å². The number of ether oxygens (including phenoxy) is 1.